The molecule has 1 spiro atoms. The fourth-order valence-corrected chi connectivity index (χ4v) is 4.01. The summed E-state index contributed by atoms with van der Waals surface area (Å²) in [6.45, 7) is 4.79. The Bertz CT molecular complexity index is 711. The fraction of sp³-hybridized carbons (Fsp3) is 0.474. The van der Waals surface area contributed by atoms with Gasteiger partial charge in [0.25, 0.3) is 0 Å². The third-order valence-corrected chi connectivity index (χ3v) is 5.17. The van der Waals surface area contributed by atoms with Crippen LogP contribution in [0, 0.1) is 18.8 Å². The van der Waals surface area contributed by atoms with Crippen LogP contribution in [-0.2, 0) is 19.1 Å². The van der Waals surface area contributed by atoms with Crippen LogP contribution in [0.4, 0.5) is 5.69 Å². The van der Waals surface area contributed by atoms with Gasteiger partial charge < -0.3 is 14.4 Å². The molecule has 5 heteroatoms. The van der Waals surface area contributed by atoms with Crippen LogP contribution >= 0.6 is 0 Å². The minimum atomic E-state index is -0.692. The Morgan fingerprint density at radius 3 is 2.83 bits per heavy atom. The molecular weight excluding hydrogens is 306 g/mol. The standard InChI is InChI=1S/C19H21NO4/c1-3-10-23-18(22)15-14-8-9-19(24-14)11-20(17(21)16(15)19)13-6-4-12(2)5-7-13/h4-9,14-16H,3,10-11H2,1-2H3/t14-,15-,16-,19+/m1/s1. The van der Waals surface area contributed by atoms with Crippen LogP contribution in [0.2, 0.25) is 0 Å². The second-order valence-corrected chi connectivity index (χ2v) is 6.83. The van der Waals surface area contributed by atoms with E-state index in [4.69, 9.17) is 9.47 Å². The fourth-order valence-electron chi connectivity index (χ4n) is 4.01. The summed E-state index contributed by atoms with van der Waals surface area (Å²) in [6, 6.07) is 7.84. The lowest BCUT2D eigenvalue weighted by Gasteiger charge is -2.22. The molecule has 1 amide bonds. The molecule has 1 aromatic rings. The first-order chi connectivity index (χ1) is 11.6. The summed E-state index contributed by atoms with van der Waals surface area (Å²) < 4.78 is 11.4. The molecule has 3 aliphatic heterocycles. The summed E-state index contributed by atoms with van der Waals surface area (Å²) >= 11 is 0. The Labute approximate surface area is 141 Å². The minimum absolute atomic E-state index is 0.0517. The molecular formula is C19H21NO4. The first kappa shape index (κ1) is 15.4. The number of benzene rings is 1. The van der Waals surface area contributed by atoms with Gasteiger partial charge in [-0.25, -0.2) is 0 Å². The number of esters is 1. The average molecular weight is 327 g/mol. The Kier molecular flexibility index (Phi) is 3.49. The summed E-state index contributed by atoms with van der Waals surface area (Å²) in [7, 11) is 0. The highest BCUT2D eigenvalue weighted by Crippen LogP contribution is 2.52. The maximum atomic E-state index is 13.0. The number of fused-ring (bicyclic) bond motifs is 1. The zero-order valence-electron chi connectivity index (χ0n) is 13.9. The molecule has 4 rings (SSSR count). The molecule has 0 unspecified atom stereocenters. The molecule has 126 valence electrons. The van der Waals surface area contributed by atoms with Gasteiger partial charge in [-0.2, -0.15) is 0 Å². The molecule has 0 N–H and O–H groups in total. The summed E-state index contributed by atoms with van der Waals surface area (Å²) in [5.41, 5.74) is 1.29. The van der Waals surface area contributed by atoms with Crippen molar-refractivity contribution < 1.29 is 19.1 Å². The highest BCUT2D eigenvalue weighted by molar-refractivity contribution is 6.02. The van der Waals surface area contributed by atoms with E-state index in [2.05, 4.69) is 0 Å². The lowest BCUT2D eigenvalue weighted by Crippen LogP contribution is -2.40. The number of ether oxygens (including phenoxy) is 2. The van der Waals surface area contributed by atoms with Crippen LogP contribution in [0.1, 0.15) is 18.9 Å². The Morgan fingerprint density at radius 1 is 1.38 bits per heavy atom. The van der Waals surface area contributed by atoms with Crippen molar-refractivity contribution in [3.8, 4) is 0 Å². The first-order valence-electron chi connectivity index (χ1n) is 8.47. The van der Waals surface area contributed by atoms with Crippen LogP contribution in [0.25, 0.3) is 0 Å². The molecule has 0 saturated carbocycles. The smallest absolute Gasteiger partial charge is 0.312 e. The summed E-state index contributed by atoms with van der Waals surface area (Å²) in [5, 5.41) is 0. The van der Waals surface area contributed by atoms with E-state index < -0.39 is 17.4 Å². The number of hydrogen-bond donors (Lipinski definition) is 0. The van der Waals surface area contributed by atoms with Gasteiger partial charge in [-0.05, 0) is 25.5 Å². The van der Waals surface area contributed by atoms with Crippen molar-refractivity contribution in [2.45, 2.75) is 32.0 Å². The maximum absolute atomic E-state index is 13.0. The number of hydrogen-bond acceptors (Lipinski definition) is 4. The number of amides is 1. The van der Waals surface area contributed by atoms with Crippen LogP contribution in [0.3, 0.4) is 0 Å². The molecule has 0 aromatic heterocycles. The largest absolute Gasteiger partial charge is 0.465 e. The molecule has 5 nitrogen and oxygen atoms in total. The van der Waals surface area contributed by atoms with Crippen LogP contribution in [-0.4, -0.2) is 36.7 Å². The van der Waals surface area contributed by atoms with Gasteiger partial charge >= 0.3 is 5.97 Å². The summed E-state index contributed by atoms with van der Waals surface area (Å²) in [5.74, 6) is -1.40. The van der Waals surface area contributed by atoms with Gasteiger partial charge in [0.2, 0.25) is 5.91 Å². The molecule has 2 fully saturated rings. The van der Waals surface area contributed by atoms with Gasteiger partial charge in [-0.3, -0.25) is 9.59 Å². The number of nitrogens with zero attached hydrogens (tertiary/aromatic N) is 1. The van der Waals surface area contributed by atoms with Gasteiger partial charge in [0.1, 0.15) is 11.5 Å². The van der Waals surface area contributed by atoms with Crippen molar-refractivity contribution >= 4 is 17.6 Å². The highest BCUT2D eigenvalue weighted by Gasteiger charge is 2.67. The maximum Gasteiger partial charge on any atom is 0.312 e. The van der Waals surface area contributed by atoms with E-state index in [1.807, 2.05) is 50.3 Å². The van der Waals surface area contributed by atoms with Crippen LogP contribution in [0.5, 0.6) is 0 Å². The predicted octanol–water partition coefficient (Wildman–Crippen LogP) is 2.23. The van der Waals surface area contributed by atoms with E-state index in [9.17, 15) is 9.59 Å². The molecule has 3 heterocycles. The number of rotatable bonds is 4. The van der Waals surface area contributed by atoms with E-state index in [-0.39, 0.29) is 18.0 Å². The number of aryl methyl sites for hydroxylation is 1. The van der Waals surface area contributed by atoms with E-state index in [1.54, 1.807) is 4.90 Å². The van der Waals surface area contributed by atoms with Crippen molar-refractivity contribution in [2.75, 3.05) is 18.1 Å². The summed E-state index contributed by atoms with van der Waals surface area (Å²) in [6.07, 6.45) is 4.28. The molecule has 2 bridgehead atoms. The zero-order valence-corrected chi connectivity index (χ0v) is 13.9. The molecule has 2 saturated heterocycles. The SMILES string of the molecule is CCCOC(=O)[C@@H]1[C@H]2C=C[C@@]3(CN(c4ccc(C)cc4)C(=O)[C@@H]13)O2. The molecule has 1 aromatic carbocycles. The second-order valence-electron chi connectivity index (χ2n) is 6.83. The molecule has 24 heavy (non-hydrogen) atoms. The number of anilines is 1. The topological polar surface area (TPSA) is 55.8 Å². The van der Waals surface area contributed by atoms with Gasteiger partial charge in [0.15, 0.2) is 0 Å². The van der Waals surface area contributed by atoms with E-state index in [1.165, 1.54) is 0 Å². The lowest BCUT2D eigenvalue weighted by molar-refractivity contribution is -0.152. The molecule has 3 aliphatic rings. The van der Waals surface area contributed by atoms with E-state index in [0.717, 1.165) is 17.7 Å². The molecule has 4 atom stereocenters. The number of carbonyl (C=O) groups is 2. The van der Waals surface area contributed by atoms with Crippen molar-refractivity contribution in [2.24, 2.45) is 11.8 Å². The van der Waals surface area contributed by atoms with Crippen molar-refractivity contribution in [1.82, 2.24) is 0 Å². The normalized spacial score (nSPS) is 33.2. The van der Waals surface area contributed by atoms with Crippen LogP contribution in [0.15, 0.2) is 36.4 Å². The lowest BCUT2D eigenvalue weighted by atomic mass is 9.77. The zero-order chi connectivity index (χ0) is 16.9. The highest BCUT2D eigenvalue weighted by atomic mass is 16.6. The Morgan fingerprint density at radius 2 is 2.12 bits per heavy atom. The van der Waals surface area contributed by atoms with Gasteiger partial charge in [-0.15, -0.1) is 0 Å². The minimum Gasteiger partial charge on any atom is -0.465 e. The third kappa shape index (κ3) is 2.11. The monoisotopic (exact) mass is 327 g/mol. The molecule has 0 aliphatic carbocycles. The average Bonchev–Trinajstić information content (AvgIpc) is 3.22. The first-order valence-corrected chi connectivity index (χ1v) is 8.47. The van der Waals surface area contributed by atoms with Crippen LogP contribution < -0.4 is 4.90 Å². The van der Waals surface area contributed by atoms with Gasteiger partial charge in [0.05, 0.1) is 25.2 Å². The van der Waals surface area contributed by atoms with Crippen molar-refractivity contribution in [1.29, 1.82) is 0 Å². The Hall–Kier alpha value is -2.14. The van der Waals surface area contributed by atoms with Crippen molar-refractivity contribution in [3.63, 3.8) is 0 Å². The van der Waals surface area contributed by atoms with Crippen molar-refractivity contribution in [3.05, 3.63) is 42.0 Å². The number of carbonyl (C=O) groups excluding carboxylic acids is 2. The predicted molar refractivity (Wildman–Crippen MR) is 88.5 cm³/mol. The van der Waals surface area contributed by atoms with E-state index >= 15 is 0 Å². The van der Waals surface area contributed by atoms with Gasteiger partial charge in [0, 0.05) is 5.69 Å². The van der Waals surface area contributed by atoms with E-state index in [0.29, 0.717) is 13.2 Å². The quantitative estimate of drug-likeness (QED) is 0.629. The Balaban J connectivity index is 1.64. The third-order valence-electron chi connectivity index (χ3n) is 5.17. The summed E-state index contributed by atoms with van der Waals surface area (Å²) in [4.78, 5) is 27.2. The molecule has 0 radical (unpaired) electrons. The second kappa shape index (κ2) is 5.45. The van der Waals surface area contributed by atoms with Gasteiger partial charge in [-0.1, -0.05) is 36.8 Å².